The molecule has 1 fully saturated rings. The molecule has 0 unspecified atom stereocenters. The summed E-state index contributed by atoms with van der Waals surface area (Å²) in [5.74, 6) is -0.819. The SMILES string of the molecule is NCCC(=O)Nc1cc(F)ccc1NC(=O)NC1CCCCC1. The van der Waals surface area contributed by atoms with Crippen molar-refractivity contribution in [3.05, 3.63) is 24.0 Å². The standard InChI is InChI=1S/C16H23FN4O2/c17-11-6-7-13(14(10-11)20-15(22)8-9-18)21-16(23)19-12-4-2-1-3-5-12/h6-7,10,12H,1-5,8-9,18H2,(H,20,22)(H2,19,21,23). The highest BCUT2D eigenvalue weighted by molar-refractivity contribution is 5.99. The van der Waals surface area contributed by atoms with Gasteiger partial charge in [0.25, 0.3) is 0 Å². The van der Waals surface area contributed by atoms with Crippen LogP contribution >= 0.6 is 0 Å². The molecule has 0 heterocycles. The van der Waals surface area contributed by atoms with E-state index in [2.05, 4.69) is 16.0 Å². The van der Waals surface area contributed by atoms with Crippen LogP contribution in [0.2, 0.25) is 0 Å². The number of benzene rings is 1. The summed E-state index contributed by atoms with van der Waals surface area (Å²) in [5.41, 5.74) is 5.90. The zero-order valence-electron chi connectivity index (χ0n) is 13.0. The minimum atomic E-state index is -0.494. The van der Waals surface area contributed by atoms with Gasteiger partial charge in [0.1, 0.15) is 5.82 Å². The minimum Gasteiger partial charge on any atom is -0.335 e. The first-order valence-corrected chi connectivity index (χ1v) is 7.95. The van der Waals surface area contributed by atoms with Crippen molar-refractivity contribution in [3.63, 3.8) is 0 Å². The molecule has 6 nitrogen and oxygen atoms in total. The number of hydrogen-bond donors (Lipinski definition) is 4. The van der Waals surface area contributed by atoms with E-state index in [-0.39, 0.29) is 36.6 Å². The Morgan fingerprint density at radius 3 is 2.57 bits per heavy atom. The molecule has 0 aliphatic heterocycles. The van der Waals surface area contributed by atoms with Gasteiger partial charge in [-0.1, -0.05) is 19.3 Å². The van der Waals surface area contributed by atoms with Crippen molar-refractivity contribution in [2.75, 3.05) is 17.2 Å². The van der Waals surface area contributed by atoms with Crippen LogP contribution in [0.1, 0.15) is 38.5 Å². The van der Waals surface area contributed by atoms with Crippen molar-refractivity contribution < 1.29 is 14.0 Å². The van der Waals surface area contributed by atoms with Crippen LogP contribution in [0.15, 0.2) is 18.2 Å². The molecule has 0 aromatic heterocycles. The van der Waals surface area contributed by atoms with Crippen molar-refractivity contribution >= 4 is 23.3 Å². The molecule has 0 radical (unpaired) electrons. The van der Waals surface area contributed by atoms with Gasteiger partial charge in [0, 0.05) is 19.0 Å². The number of rotatable bonds is 5. The third-order valence-electron chi connectivity index (χ3n) is 3.82. The summed E-state index contributed by atoms with van der Waals surface area (Å²) in [6.45, 7) is 0.200. The number of urea groups is 1. The van der Waals surface area contributed by atoms with Crippen LogP contribution in [0.25, 0.3) is 0 Å². The maximum absolute atomic E-state index is 13.4. The second-order valence-corrected chi connectivity index (χ2v) is 5.71. The highest BCUT2D eigenvalue weighted by atomic mass is 19.1. The molecule has 7 heteroatoms. The van der Waals surface area contributed by atoms with E-state index in [4.69, 9.17) is 5.73 Å². The first-order valence-electron chi connectivity index (χ1n) is 7.95. The summed E-state index contributed by atoms with van der Waals surface area (Å²) in [7, 11) is 0. The van der Waals surface area contributed by atoms with E-state index in [1.54, 1.807) is 0 Å². The smallest absolute Gasteiger partial charge is 0.319 e. The second kappa shape index (κ2) is 8.47. The third-order valence-corrected chi connectivity index (χ3v) is 3.82. The summed E-state index contributed by atoms with van der Waals surface area (Å²) in [6, 6.07) is 3.64. The zero-order chi connectivity index (χ0) is 16.7. The van der Waals surface area contributed by atoms with Crippen molar-refractivity contribution in [2.24, 2.45) is 5.73 Å². The third kappa shape index (κ3) is 5.52. The quantitative estimate of drug-likeness (QED) is 0.671. The lowest BCUT2D eigenvalue weighted by Crippen LogP contribution is -2.39. The Hall–Kier alpha value is -2.15. The highest BCUT2D eigenvalue weighted by Crippen LogP contribution is 2.23. The molecule has 1 aromatic rings. The van der Waals surface area contributed by atoms with E-state index in [9.17, 15) is 14.0 Å². The van der Waals surface area contributed by atoms with Gasteiger partial charge in [-0.3, -0.25) is 4.79 Å². The van der Waals surface area contributed by atoms with Gasteiger partial charge in [-0.2, -0.15) is 0 Å². The number of carbonyl (C=O) groups is 2. The van der Waals surface area contributed by atoms with Gasteiger partial charge in [-0.25, -0.2) is 9.18 Å². The molecule has 1 aliphatic carbocycles. The number of carbonyl (C=O) groups excluding carboxylic acids is 2. The van der Waals surface area contributed by atoms with Gasteiger partial charge in [0.15, 0.2) is 0 Å². The molecule has 5 N–H and O–H groups in total. The molecule has 1 aliphatic rings. The average molecular weight is 322 g/mol. The molecule has 23 heavy (non-hydrogen) atoms. The minimum absolute atomic E-state index is 0.129. The summed E-state index contributed by atoms with van der Waals surface area (Å²) >= 11 is 0. The maximum atomic E-state index is 13.4. The largest absolute Gasteiger partial charge is 0.335 e. The van der Waals surface area contributed by atoms with Gasteiger partial charge in [0.05, 0.1) is 11.4 Å². The van der Waals surface area contributed by atoms with E-state index < -0.39 is 5.82 Å². The van der Waals surface area contributed by atoms with Crippen LogP contribution < -0.4 is 21.7 Å². The molecular formula is C16H23FN4O2. The zero-order valence-corrected chi connectivity index (χ0v) is 13.0. The van der Waals surface area contributed by atoms with Crippen LogP contribution in [0, 0.1) is 5.82 Å². The van der Waals surface area contributed by atoms with Gasteiger partial charge < -0.3 is 21.7 Å². The molecule has 1 saturated carbocycles. The van der Waals surface area contributed by atoms with Gasteiger partial charge in [-0.05, 0) is 31.0 Å². The summed E-state index contributed by atoms with van der Waals surface area (Å²) in [4.78, 5) is 23.7. The Morgan fingerprint density at radius 2 is 1.87 bits per heavy atom. The number of halogens is 1. The Balaban J connectivity index is 2.00. The highest BCUT2D eigenvalue weighted by Gasteiger charge is 2.17. The number of hydrogen-bond acceptors (Lipinski definition) is 3. The number of anilines is 2. The molecule has 0 bridgehead atoms. The summed E-state index contributed by atoms with van der Waals surface area (Å²) in [5, 5.41) is 8.14. The maximum Gasteiger partial charge on any atom is 0.319 e. The Labute approximate surface area is 135 Å². The molecule has 0 spiro atoms. The predicted octanol–water partition coefficient (Wildman–Crippen LogP) is 2.57. The second-order valence-electron chi connectivity index (χ2n) is 5.71. The Morgan fingerprint density at radius 1 is 1.13 bits per heavy atom. The Bertz CT molecular complexity index is 559. The lowest BCUT2D eigenvalue weighted by Gasteiger charge is -2.23. The molecule has 3 amide bonds. The van der Waals surface area contributed by atoms with E-state index in [0.29, 0.717) is 5.69 Å². The number of amides is 3. The van der Waals surface area contributed by atoms with Crippen LogP contribution in [-0.4, -0.2) is 24.5 Å². The summed E-state index contributed by atoms with van der Waals surface area (Å²) < 4.78 is 13.4. The van der Waals surface area contributed by atoms with E-state index in [1.807, 2.05) is 0 Å². The van der Waals surface area contributed by atoms with Crippen molar-refractivity contribution in [3.8, 4) is 0 Å². The monoisotopic (exact) mass is 322 g/mol. The molecule has 1 aromatic carbocycles. The number of nitrogens with one attached hydrogen (secondary N) is 3. The lowest BCUT2D eigenvalue weighted by atomic mass is 9.96. The lowest BCUT2D eigenvalue weighted by molar-refractivity contribution is -0.116. The van der Waals surface area contributed by atoms with Gasteiger partial charge >= 0.3 is 6.03 Å². The van der Waals surface area contributed by atoms with Crippen LogP contribution in [0.3, 0.4) is 0 Å². The first-order chi connectivity index (χ1) is 11.1. The van der Waals surface area contributed by atoms with Crippen molar-refractivity contribution in [2.45, 2.75) is 44.6 Å². The molecular weight excluding hydrogens is 299 g/mol. The number of nitrogens with two attached hydrogens (primary N) is 1. The molecule has 2 rings (SSSR count). The first kappa shape index (κ1) is 17.2. The van der Waals surface area contributed by atoms with Crippen LogP contribution in [0.4, 0.5) is 20.6 Å². The van der Waals surface area contributed by atoms with E-state index in [0.717, 1.165) is 25.7 Å². The molecule has 0 saturated heterocycles. The normalized spacial score (nSPS) is 15.0. The van der Waals surface area contributed by atoms with Crippen molar-refractivity contribution in [1.29, 1.82) is 0 Å². The average Bonchev–Trinajstić information content (AvgIpc) is 2.51. The van der Waals surface area contributed by atoms with Crippen LogP contribution in [-0.2, 0) is 4.79 Å². The fraction of sp³-hybridized carbons (Fsp3) is 0.500. The Kier molecular flexibility index (Phi) is 6.34. The topological polar surface area (TPSA) is 96.2 Å². The fourth-order valence-corrected chi connectivity index (χ4v) is 2.66. The summed E-state index contributed by atoms with van der Waals surface area (Å²) in [6.07, 6.45) is 5.50. The van der Waals surface area contributed by atoms with E-state index >= 15 is 0 Å². The van der Waals surface area contributed by atoms with Crippen molar-refractivity contribution in [1.82, 2.24) is 5.32 Å². The molecule has 126 valence electrons. The van der Waals surface area contributed by atoms with Gasteiger partial charge in [0.2, 0.25) is 5.91 Å². The predicted molar refractivity (Wildman–Crippen MR) is 87.7 cm³/mol. The van der Waals surface area contributed by atoms with E-state index in [1.165, 1.54) is 24.6 Å². The van der Waals surface area contributed by atoms with Gasteiger partial charge in [-0.15, -0.1) is 0 Å². The molecule has 0 atom stereocenters. The van der Waals surface area contributed by atoms with Crippen LogP contribution in [0.5, 0.6) is 0 Å². The fourth-order valence-electron chi connectivity index (χ4n) is 2.66.